The molecule has 5 nitrogen and oxygen atoms in total. The summed E-state index contributed by atoms with van der Waals surface area (Å²) in [7, 11) is -3.74. The zero-order valence-corrected chi connectivity index (χ0v) is 14.4. The van der Waals surface area contributed by atoms with E-state index in [0.29, 0.717) is 14.6 Å². The lowest BCUT2D eigenvalue weighted by molar-refractivity contribution is 0.600. The number of nitrogens with two attached hydrogens (primary N) is 1. The van der Waals surface area contributed by atoms with E-state index in [9.17, 15) is 8.42 Å². The summed E-state index contributed by atoms with van der Waals surface area (Å²) in [5.41, 5.74) is 7.17. The highest BCUT2D eigenvalue weighted by atomic mass is 79.9. The number of nitrogens with one attached hydrogen (secondary N) is 1. The number of hydrogen-bond acceptors (Lipinski definition) is 4. The van der Waals surface area contributed by atoms with Crippen molar-refractivity contribution in [2.45, 2.75) is 11.8 Å². The van der Waals surface area contributed by atoms with Crippen molar-refractivity contribution in [1.82, 2.24) is 4.98 Å². The molecule has 1 heterocycles. The average Bonchev–Trinajstić information content (AvgIpc) is 2.36. The molecule has 1 aromatic heterocycles. The van der Waals surface area contributed by atoms with Crippen molar-refractivity contribution in [2.24, 2.45) is 0 Å². The summed E-state index contributed by atoms with van der Waals surface area (Å²) in [4.78, 5) is 3.95. The van der Waals surface area contributed by atoms with Crippen molar-refractivity contribution in [3.63, 3.8) is 0 Å². The molecule has 0 fully saturated rings. The fraction of sp³-hybridized carbons (Fsp3) is 0.0833. The van der Waals surface area contributed by atoms with Crippen molar-refractivity contribution in [2.75, 3.05) is 10.5 Å². The number of aryl methyl sites for hydroxylation is 1. The summed E-state index contributed by atoms with van der Waals surface area (Å²) in [5, 5.41) is 0. The van der Waals surface area contributed by atoms with Crippen LogP contribution in [0.3, 0.4) is 0 Å². The van der Waals surface area contributed by atoms with Gasteiger partial charge in [-0.3, -0.25) is 9.71 Å². The fourth-order valence-corrected chi connectivity index (χ4v) is 4.30. The van der Waals surface area contributed by atoms with Gasteiger partial charge in [-0.15, -0.1) is 0 Å². The van der Waals surface area contributed by atoms with Gasteiger partial charge in [-0.25, -0.2) is 8.42 Å². The van der Waals surface area contributed by atoms with Gasteiger partial charge in [0.2, 0.25) is 0 Å². The minimum atomic E-state index is -3.74. The Bertz CT molecular complexity index is 763. The predicted molar refractivity (Wildman–Crippen MR) is 86.0 cm³/mol. The third-order valence-electron chi connectivity index (χ3n) is 2.60. The van der Waals surface area contributed by atoms with Crippen LogP contribution in [0.15, 0.2) is 44.4 Å². The van der Waals surface area contributed by atoms with E-state index in [4.69, 9.17) is 5.73 Å². The van der Waals surface area contributed by atoms with Crippen LogP contribution in [0.1, 0.15) is 5.56 Å². The summed E-state index contributed by atoms with van der Waals surface area (Å²) in [6.07, 6.45) is 2.85. The van der Waals surface area contributed by atoms with Gasteiger partial charge in [0, 0.05) is 15.1 Å². The lowest BCUT2D eigenvalue weighted by Gasteiger charge is -2.12. The second-order valence-corrected chi connectivity index (χ2v) is 7.46. The zero-order valence-electron chi connectivity index (χ0n) is 10.4. The molecule has 0 unspecified atom stereocenters. The van der Waals surface area contributed by atoms with E-state index < -0.39 is 10.0 Å². The Morgan fingerprint density at radius 1 is 1.25 bits per heavy atom. The molecule has 0 saturated carbocycles. The third kappa shape index (κ3) is 3.13. The molecule has 0 radical (unpaired) electrons. The Kier molecular flexibility index (Phi) is 4.36. The molecule has 0 saturated heterocycles. The second-order valence-electron chi connectivity index (χ2n) is 4.10. The highest BCUT2D eigenvalue weighted by Gasteiger charge is 2.20. The molecule has 0 spiro atoms. The molecule has 0 aliphatic heterocycles. The highest BCUT2D eigenvalue weighted by Crippen LogP contribution is 2.30. The molecule has 0 amide bonds. The van der Waals surface area contributed by atoms with Gasteiger partial charge >= 0.3 is 0 Å². The first-order chi connectivity index (χ1) is 9.31. The van der Waals surface area contributed by atoms with E-state index in [1.165, 1.54) is 18.5 Å². The minimum absolute atomic E-state index is 0.131. The monoisotopic (exact) mass is 419 g/mol. The number of halogens is 2. The van der Waals surface area contributed by atoms with Gasteiger partial charge in [0.15, 0.2) is 0 Å². The summed E-state index contributed by atoms with van der Waals surface area (Å²) in [5.74, 6) is 0. The Hall–Kier alpha value is -1.12. The molecule has 20 heavy (non-hydrogen) atoms. The summed E-state index contributed by atoms with van der Waals surface area (Å²) < 4.78 is 28.4. The van der Waals surface area contributed by atoms with Crippen LogP contribution in [-0.4, -0.2) is 13.4 Å². The molecular formula is C12H11Br2N3O2S. The van der Waals surface area contributed by atoms with Crippen LogP contribution >= 0.6 is 31.9 Å². The number of sulfonamides is 1. The second kappa shape index (κ2) is 5.71. The maximum absolute atomic E-state index is 12.4. The molecule has 1 aromatic carbocycles. The van der Waals surface area contributed by atoms with E-state index in [1.807, 2.05) is 6.92 Å². The molecule has 0 aliphatic carbocycles. The van der Waals surface area contributed by atoms with Gasteiger partial charge in [0.05, 0.1) is 17.6 Å². The van der Waals surface area contributed by atoms with Crippen molar-refractivity contribution in [3.8, 4) is 0 Å². The molecule has 106 valence electrons. The van der Waals surface area contributed by atoms with Crippen LogP contribution in [0.2, 0.25) is 0 Å². The molecule has 8 heteroatoms. The Morgan fingerprint density at radius 2 is 1.95 bits per heavy atom. The topological polar surface area (TPSA) is 85.1 Å². The number of rotatable bonds is 3. The number of nitrogen functional groups attached to an aromatic ring is 1. The minimum Gasteiger partial charge on any atom is -0.396 e. The number of nitrogens with zero attached hydrogens (tertiary/aromatic N) is 1. The number of aromatic nitrogens is 1. The summed E-state index contributed by atoms with van der Waals surface area (Å²) in [6, 6.07) is 4.78. The fourth-order valence-electron chi connectivity index (χ4n) is 1.53. The maximum Gasteiger partial charge on any atom is 0.263 e. The first-order valence-electron chi connectivity index (χ1n) is 5.49. The van der Waals surface area contributed by atoms with Crippen LogP contribution in [0.5, 0.6) is 0 Å². The van der Waals surface area contributed by atoms with E-state index in [2.05, 4.69) is 41.6 Å². The Labute approximate surface area is 133 Å². The molecule has 2 aromatic rings. The highest BCUT2D eigenvalue weighted by molar-refractivity contribution is 9.11. The first-order valence-corrected chi connectivity index (χ1v) is 8.56. The van der Waals surface area contributed by atoms with Gasteiger partial charge in [0.25, 0.3) is 10.0 Å². The van der Waals surface area contributed by atoms with Gasteiger partial charge in [-0.1, -0.05) is 15.9 Å². The Morgan fingerprint density at radius 3 is 2.60 bits per heavy atom. The smallest absolute Gasteiger partial charge is 0.263 e. The van der Waals surface area contributed by atoms with E-state index in [0.717, 1.165) is 5.56 Å². The van der Waals surface area contributed by atoms with Crippen LogP contribution in [-0.2, 0) is 10.0 Å². The Balaban J connectivity index is 2.47. The van der Waals surface area contributed by atoms with Gasteiger partial charge < -0.3 is 5.73 Å². The van der Waals surface area contributed by atoms with E-state index >= 15 is 0 Å². The van der Waals surface area contributed by atoms with Crippen molar-refractivity contribution in [3.05, 3.63) is 45.1 Å². The molecule has 0 bridgehead atoms. The molecule has 0 atom stereocenters. The third-order valence-corrected chi connectivity index (χ3v) is 5.78. The first kappa shape index (κ1) is 15.3. The van der Waals surface area contributed by atoms with Crippen LogP contribution in [0.25, 0.3) is 0 Å². The van der Waals surface area contributed by atoms with E-state index in [1.54, 1.807) is 12.1 Å². The average molecular weight is 421 g/mol. The van der Waals surface area contributed by atoms with Crippen molar-refractivity contribution >= 4 is 53.3 Å². The zero-order chi connectivity index (χ0) is 14.9. The van der Waals surface area contributed by atoms with Crippen molar-refractivity contribution < 1.29 is 8.42 Å². The number of pyridine rings is 1. The standard InChI is InChI=1S/C12H11Br2N3O2S/c1-7-4-9(14)12(5-8(7)13)20(18,19)17-11-2-3-16-6-10(11)15/h2-6H,15H2,1H3,(H,16,17). The molecule has 2 rings (SSSR count). The number of benzene rings is 1. The predicted octanol–water partition coefficient (Wildman–Crippen LogP) is 3.30. The van der Waals surface area contributed by atoms with Gasteiger partial charge in [-0.05, 0) is 46.6 Å². The lowest BCUT2D eigenvalue weighted by Crippen LogP contribution is -2.15. The summed E-state index contributed by atoms with van der Waals surface area (Å²) >= 11 is 6.59. The number of anilines is 2. The lowest BCUT2D eigenvalue weighted by atomic mass is 10.2. The van der Waals surface area contributed by atoms with Crippen LogP contribution < -0.4 is 10.5 Å². The maximum atomic E-state index is 12.4. The number of hydrogen-bond donors (Lipinski definition) is 2. The van der Waals surface area contributed by atoms with Gasteiger partial charge in [0.1, 0.15) is 4.90 Å². The molecule has 0 aliphatic rings. The SMILES string of the molecule is Cc1cc(Br)c(S(=O)(=O)Nc2ccncc2N)cc1Br. The quantitative estimate of drug-likeness (QED) is 0.797. The largest absolute Gasteiger partial charge is 0.396 e. The van der Waals surface area contributed by atoms with Gasteiger partial charge in [-0.2, -0.15) is 0 Å². The molecular weight excluding hydrogens is 410 g/mol. The van der Waals surface area contributed by atoms with Crippen molar-refractivity contribution in [1.29, 1.82) is 0 Å². The summed E-state index contributed by atoms with van der Waals surface area (Å²) in [6.45, 7) is 1.87. The molecule has 3 N–H and O–H groups in total. The normalized spacial score (nSPS) is 11.3. The van der Waals surface area contributed by atoms with Crippen LogP contribution in [0.4, 0.5) is 11.4 Å². The van der Waals surface area contributed by atoms with E-state index in [-0.39, 0.29) is 10.6 Å². The van der Waals surface area contributed by atoms with Crippen LogP contribution in [0, 0.1) is 6.92 Å².